The summed E-state index contributed by atoms with van der Waals surface area (Å²) in [6.07, 6.45) is 2.86. The van der Waals surface area contributed by atoms with E-state index < -0.39 is 0 Å². The van der Waals surface area contributed by atoms with Crippen molar-refractivity contribution in [3.8, 4) is 5.75 Å². The minimum atomic E-state index is 0.254. The van der Waals surface area contributed by atoms with Gasteiger partial charge in [-0.25, -0.2) is 0 Å². The van der Waals surface area contributed by atoms with Gasteiger partial charge in [-0.15, -0.1) is 0 Å². The van der Waals surface area contributed by atoms with Gasteiger partial charge in [0, 0.05) is 0 Å². The maximum Gasteiger partial charge on any atom is 0.119 e. The lowest BCUT2D eigenvalue weighted by Gasteiger charge is -2.12. The third-order valence-electron chi connectivity index (χ3n) is 2.02. The first-order valence-corrected chi connectivity index (χ1v) is 4.76. The topological polar surface area (TPSA) is 47.6 Å². The summed E-state index contributed by atoms with van der Waals surface area (Å²) in [7, 11) is 0. The third-order valence-corrected chi connectivity index (χ3v) is 2.02. The zero-order valence-corrected chi connectivity index (χ0v) is 8.60. The molecule has 1 rings (SSSR count). The molecule has 1 aromatic rings. The first-order chi connectivity index (χ1) is 6.76. The van der Waals surface area contributed by atoms with Crippen LogP contribution in [0.1, 0.15) is 25.8 Å². The van der Waals surface area contributed by atoms with E-state index in [9.17, 15) is 0 Å². The van der Waals surface area contributed by atoms with Crippen molar-refractivity contribution in [3.63, 3.8) is 0 Å². The van der Waals surface area contributed by atoms with Crippen molar-refractivity contribution in [1.82, 2.24) is 0 Å². The average molecular weight is 192 g/mol. The lowest BCUT2D eigenvalue weighted by Crippen LogP contribution is -2.09. The number of hydrazone groups is 1. The molecule has 2 N–H and O–H groups in total. The second-order valence-corrected chi connectivity index (χ2v) is 3.18. The predicted molar refractivity (Wildman–Crippen MR) is 58.6 cm³/mol. The second kappa shape index (κ2) is 5.27. The Balaban J connectivity index is 2.63. The van der Waals surface area contributed by atoms with Crippen molar-refractivity contribution < 1.29 is 4.74 Å². The summed E-state index contributed by atoms with van der Waals surface area (Å²) >= 11 is 0. The minimum Gasteiger partial charge on any atom is -0.491 e. The number of nitrogens with zero attached hydrogens (tertiary/aromatic N) is 1. The van der Waals surface area contributed by atoms with Gasteiger partial charge in [-0.2, -0.15) is 5.10 Å². The van der Waals surface area contributed by atoms with Crippen LogP contribution in [0.4, 0.5) is 0 Å². The highest BCUT2D eigenvalue weighted by Gasteiger charge is 1.99. The quantitative estimate of drug-likeness (QED) is 0.451. The Kier molecular flexibility index (Phi) is 3.98. The van der Waals surface area contributed by atoms with Crippen LogP contribution in [0.3, 0.4) is 0 Å². The van der Waals surface area contributed by atoms with Gasteiger partial charge in [0.15, 0.2) is 0 Å². The highest BCUT2D eigenvalue weighted by molar-refractivity contribution is 5.79. The van der Waals surface area contributed by atoms with Crippen LogP contribution in [0.5, 0.6) is 5.75 Å². The van der Waals surface area contributed by atoms with Gasteiger partial charge in [0.2, 0.25) is 0 Å². The van der Waals surface area contributed by atoms with E-state index in [2.05, 4.69) is 18.9 Å². The van der Waals surface area contributed by atoms with Crippen LogP contribution >= 0.6 is 0 Å². The maximum atomic E-state index is 5.62. The Morgan fingerprint density at radius 2 is 2.07 bits per heavy atom. The molecule has 1 atom stereocenters. The van der Waals surface area contributed by atoms with E-state index in [1.165, 1.54) is 0 Å². The van der Waals surface area contributed by atoms with Gasteiger partial charge >= 0.3 is 0 Å². The normalized spacial score (nSPS) is 13.0. The van der Waals surface area contributed by atoms with E-state index in [4.69, 9.17) is 10.6 Å². The fraction of sp³-hybridized carbons (Fsp3) is 0.364. The van der Waals surface area contributed by atoms with Crippen molar-refractivity contribution in [1.29, 1.82) is 0 Å². The number of hydrogen-bond acceptors (Lipinski definition) is 3. The van der Waals surface area contributed by atoms with E-state index in [-0.39, 0.29) is 6.10 Å². The molecule has 3 nitrogen and oxygen atoms in total. The Labute approximate surface area is 84.6 Å². The van der Waals surface area contributed by atoms with Gasteiger partial charge in [-0.3, -0.25) is 0 Å². The first-order valence-electron chi connectivity index (χ1n) is 4.76. The summed E-state index contributed by atoms with van der Waals surface area (Å²) in [6, 6.07) is 7.69. The zero-order valence-electron chi connectivity index (χ0n) is 8.60. The minimum absolute atomic E-state index is 0.254. The Bertz CT molecular complexity index is 293. The van der Waals surface area contributed by atoms with Crippen LogP contribution in [0.25, 0.3) is 0 Å². The average Bonchev–Trinajstić information content (AvgIpc) is 2.21. The summed E-state index contributed by atoms with van der Waals surface area (Å²) < 4.78 is 5.62. The van der Waals surface area contributed by atoms with Crippen molar-refractivity contribution in [2.24, 2.45) is 10.9 Å². The molecule has 0 fully saturated rings. The molecule has 0 aliphatic heterocycles. The molecule has 76 valence electrons. The summed E-state index contributed by atoms with van der Waals surface area (Å²) in [5.41, 5.74) is 0.976. The molecule has 0 aromatic heterocycles. The van der Waals surface area contributed by atoms with Crippen molar-refractivity contribution in [2.45, 2.75) is 26.4 Å². The SMILES string of the molecule is CCC(C)Oc1ccc(C=NN)cc1. The molecular formula is C11H16N2O. The number of rotatable bonds is 4. The highest BCUT2D eigenvalue weighted by atomic mass is 16.5. The van der Waals surface area contributed by atoms with Crippen molar-refractivity contribution >= 4 is 6.21 Å². The van der Waals surface area contributed by atoms with Gasteiger partial charge < -0.3 is 10.6 Å². The summed E-state index contributed by atoms with van der Waals surface area (Å²) in [6.45, 7) is 4.15. The molecule has 0 spiro atoms. The van der Waals surface area contributed by atoms with Crippen LogP contribution in [0.15, 0.2) is 29.4 Å². The van der Waals surface area contributed by atoms with Gasteiger partial charge in [0.05, 0.1) is 12.3 Å². The third kappa shape index (κ3) is 3.09. The molecule has 1 aromatic carbocycles. The lowest BCUT2D eigenvalue weighted by molar-refractivity contribution is 0.217. The molecule has 0 radical (unpaired) electrons. The van der Waals surface area contributed by atoms with E-state index in [0.29, 0.717) is 0 Å². The molecule has 0 bridgehead atoms. The van der Waals surface area contributed by atoms with Gasteiger partial charge in [-0.05, 0) is 43.2 Å². The monoisotopic (exact) mass is 192 g/mol. The molecule has 3 heteroatoms. The second-order valence-electron chi connectivity index (χ2n) is 3.18. The standard InChI is InChI=1S/C11H16N2O/c1-3-9(2)14-11-6-4-10(5-7-11)8-13-12/h4-9H,3,12H2,1-2H3. The lowest BCUT2D eigenvalue weighted by atomic mass is 10.2. The largest absolute Gasteiger partial charge is 0.491 e. The predicted octanol–water partition coefficient (Wildman–Crippen LogP) is 2.16. The fourth-order valence-corrected chi connectivity index (χ4v) is 1.03. The smallest absolute Gasteiger partial charge is 0.119 e. The fourth-order valence-electron chi connectivity index (χ4n) is 1.03. The molecule has 1 unspecified atom stereocenters. The Hall–Kier alpha value is -1.51. The van der Waals surface area contributed by atoms with Crippen LogP contribution in [0, 0.1) is 0 Å². The van der Waals surface area contributed by atoms with Gasteiger partial charge in [0.25, 0.3) is 0 Å². The van der Waals surface area contributed by atoms with Crippen LogP contribution in [0.2, 0.25) is 0 Å². The summed E-state index contributed by atoms with van der Waals surface area (Å²) in [5, 5.41) is 3.45. The molecule has 0 amide bonds. The Morgan fingerprint density at radius 1 is 1.43 bits per heavy atom. The molecule has 0 aliphatic carbocycles. The van der Waals surface area contributed by atoms with Crippen molar-refractivity contribution in [3.05, 3.63) is 29.8 Å². The zero-order chi connectivity index (χ0) is 10.4. The molecular weight excluding hydrogens is 176 g/mol. The first kappa shape index (κ1) is 10.6. The molecule has 0 saturated heterocycles. The molecule has 14 heavy (non-hydrogen) atoms. The van der Waals surface area contributed by atoms with Crippen LogP contribution in [-0.4, -0.2) is 12.3 Å². The van der Waals surface area contributed by atoms with E-state index >= 15 is 0 Å². The molecule has 0 heterocycles. The number of hydrogen-bond donors (Lipinski definition) is 1. The van der Waals surface area contributed by atoms with Gasteiger partial charge in [-0.1, -0.05) is 6.92 Å². The van der Waals surface area contributed by atoms with E-state index in [1.807, 2.05) is 24.3 Å². The number of ether oxygens (including phenoxy) is 1. The summed E-state index contributed by atoms with van der Waals surface area (Å²) in [5.74, 6) is 5.92. The van der Waals surface area contributed by atoms with E-state index in [1.54, 1.807) is 6.21 Å². The van der Waals surface area contributed by atoms with E-state index in [0.717, 1.165) is 17.7 Å². The van der Waals surface area contributed by atoms with Crippen LogP contribution in [-0.2, 0) is 0 Å². The van der Waals surface area contributed by atoms with Gasteiger partial charge in [0.1, 0.15) is 5.75 Å². The maximum absolute atomic E-state index is 5.62. The Morgan fingerprint density at radius 3 is 2.57 bits per heavy atom. The highest BCUT2D eigenvalue weighted by Crippen LogP contribution is 2.13. The molecule has 0 saturated carbocycles. The van der Waals surface area contributed by atoms with Crippen LogP contribution < -0.4 is 10.6 Å². The molecule has 0 aliphatic rings. The number of benzene rings is 1. The summed E-state index contributed by atoms with van der Waals surface area (Å²) in [4.78, 5) is 0. The van der Waals surface area contributed by atoms with Crippen molar-refractivity contribution in [2.75, 3.05) is 0 Å². The number of nitrogens with two attached hydrogens (primary N) is 1.